The number of para-hydroxylation sites is 1. The largest absolute Gasteiger partial charge is 0.353 e. The predicted octanol–water partition coefficient (Wildman–Crippen LogP) is 3.42. The molecule has 0 saturated heterocycles. The van der Waals surface area contributed by atoms with Crippen LogP contribution in [0.4, 0.5) is 10.1 Å². The zero-order valence-corrected chi connectivity index (χ0v) is 17.6. The molecule has 5 nitrogen and oxygen atoms in total. The van der Waals surface area contributed by atoms with Gasteiger partial charge in [0.15, 0.2) is 0 Å². The molecule has 28 heavy (non-hydrogen) atoms. The molecule has 1 amide bonds. The third kappa shape index (κ3) is 6.24. The Bertz CT molecular complexity index is 876. The van der Waals surface area contributed by atoms with Crippen LogP contribution in [0.15, 0.2) is 54.6 Å². The molecule has 1 atom stereocenters. The Morgan fingerprint density at radius 1 is 1.14 bits per heavy atom. The number of nitrogens with zero attached hydrogens (tertiary/aromatic N) is 1. The maximum Gasteiger partial charge on any atom is 0.243 e. The van der Waals surface area contributed by atoms with Gasteiger partial charge in [0.05, 0.1) is 11.9 Å². The summed E-state index contributed by atoms with van der Waals surface area (Å²) in [7, 11) is -3.62. The molecule has 0 fully saturated rings. The first kappa shape index (κ1) is 22.2. The molecule has 0 saturated carbocycles. The molecule has 0 aliphatic heterocycles. The van der Waals surface area contributed by atoms with Crippen LogP contribution >= 0.6 is 11.8 Å². The van der Waals surface area contributed by atoms with Gasteiger partial charge < -0.3 is 5.32 Å². The standard InChI is InChI=1S/C20H25FN2O3S2/c1-3-19(23(28(2,25)26)17-10-5-4-6-11-17)20(24)22-13-14-27-15-16-9-7-8-12-18(16)21/h4-12,19H,3,13-15H2,1-2H3,(H,22,24)/t19-/m1/s1. The number of halogens is 1. The van der Waals surface area contributed by atoms with Gasteiger partial charge in [-0.1, -0.05) is 43.3 Å². The summed E-state index contributed by atoms with van der Waals surface area (Å²) < 4.78 is 39.4. The minimum atomic E-state index is -3.62. The van der Waals surface area contributed by atoms with E-state index in [4.69, 9.17) is 0 Å². The lowest BCUT2D eigenvalue weighted by Gasteiger charge is -2.30. The van der Waals surface area contributed by atoms with Crippen molar-refractivity contribution in [2.75, 3.05) is 22.9 Å². The van der Waals surface area contributed by atoms with Crippen LogP contribution in [-0.2, 0) is 20.6 Å². The normalized spacial score (nSPS) is 12.4. The maximum absolute atomic E-state index is 13.6. The molecule has 2 aromatic carbocycles. The summed E-state index contributed by atoms with van der Waals surface area (Å²) in [4.78, 5) is 12.6. The van der Waals surface area contributed by atoms with Gasteiger partial charge in [0.1, 0.15) is 11.9 Å². The Morgan fingerprint density at radius 2 is 1.79 bits per heavy atom. The molecule has 2 aromatic rings. The summed E-state index contributed by atoms with van der Waals surface area (Å²) in [5.41, 5.74) is 1.08. The number of hydrogen-bond donors (Lipinski definition) is 1. The van der Waals surface area contributed by atoms with Crippen molar-refractivity contribution in [1.29, 1.82) is 0 Å². The molecule has 0 bridgehead atoms. The molecular formula is C20H25FN2O3S2. The van der Waals surface area contributed by atoms with Crippen molar-refractivity contribution in [3.05, 3.63) is 66.0 Å². The second kappa shape index (κ2) is 10.5. The van der Waals surface area contributed by atoms with Crippen molar-refractivity contribution in [3.8, 4) is 0 Å². The second-order valence-electron chi connectivity index (χ2n) is 6.25. The number of anilines is 1. The molecular weight excluding hydrogens is 399 g/mol. The van der Waals surface area contributed by atoms with Crippen LogP contribution in [0.5, 0.6) is 0 Å². The van der Waals surface area contributed by atoms with E-state index in [1.807, 2.05) is 0 Å². The number of nitrogens with one attached hydrogen (secondary N) is 1. The van der Waals surface area contributed by atoms with Crippen LogP contribution in [0.1, 0.15) is 18.9 Å². The molecule has 1 N–H and O–H groups in total. The average molecular weight is 425 g/mol. The Kier molecular flexibility index (Phi) is 8.32. The number of sulfonamides is 1. The van der Waals surface area contributed by atoms with E-state index in [1.165, 1.54) is 17.8 Å². The fraction of sp³-hybridized carbons (Fsp3) is 0.350. The van der Waals surface area contributed by atoms with Gasteiger partial charge in [0.2, 0.25) is 15.9 Å². The lowest BCUT2D eigenvalue weighted by molar-refractivity contribution is -0.122. The molecule has 0 aliphatic carbocycles. The molecule has 0 spiro atoms. The van der Waals surface area contributed by atoms with Crippen LogP contribution in [0.2, 0.25) is 0 Å². The highest BCUT2D eigenvalue weighted by Gasteiger charge is 2.31. The van der Waals surface area contributed by atoms with Crippen molar-refractivity contribution >= 4 is 33.4 Å². The van der Waals surface area contributed by atoms with Gasteiger partial charge >= 0.3 is 0 Å². The number of benzene rings is 2. The fourth-order valence-electron chi connectivity index (χ4n) is 2.80. The molecule has 0 unspecified atom stereocenters. The Morgan fingerprint density at radius 3 is 2.39 bits per heavy atom. The highest BCUT2D eigenvalue weighted by atomic mass is 32.2. The van der Waals surface area contributed by atoms with E-state index < -0.39 is 16.1 Å². The first-order valence-electron chi connectivity index (χ1n) is 8.98. The van der Waals surface area contributed by atoms with Gasteiger partial charge in [-0.25, -0.2) is 12.8 Å². The van der Waals surface area contributed by atoms with Crippen LogP contribution in [0.3, 0.4) is 0 Å². The molecule has 152 valence electrons. The number of rotatable bonds is 10. The zero-order valence-electron chi connectivity index (χ0n) is 16.0. The summed E-state index contributed by atoms with van der Waals surface area (Å²) >= 11 is 1.51. The third-order valence-corrected chi connectivity index (χ3v) is 6.29. The number of thioether (sulfide) groups is 1. The summed E-state index contributed by atoms with van der Waals surface area (Å²) in [6, 6.07) is 14.4. The van der Waals surface area contributed by atoms with Crippen molar-refractivity contribution in [3.63, 3.8) is 0 Å². The van der Waals surface area contributed by atoms with E-state index in [0.29, 0.717) is 35.7 Å². The molecule has 8 heteroatoms. The maximum atomic E-state index is 13.6. The number of amides is 1. The molecule has 0 aromatic heterocycles. The van der Waals surface area contributed by atoms with Crippen LogP contribution in [0, 0.1) is 5.82 Å². The van der Waals surface area contributed by atoms with E-state index in [0.717, 1.165) is 10.6 Å². The van der Waals surface area contributed by atoms with Crippen LogP contribution in [-0.4, -0.2) is 38.9 Å². The SMILES string of the molecule is CC[C@H](C(=O)NCCSCc1ccccc1F)N(c1ccccc1)S(C)(=O)=O. The highest BCUT2D eigenvalue weighted by molar-refractivity contribution is 7.98. The zero-order chi connectivity index (χ0) is 20.6. The minimum absolute atomic E-state index is 0.239. The summed E-state index contributed by atoms with van der Waals surface area (Å²) in [5.74, 6) is 0.528. The van der Waals surface area contributed by atoms with Crippen LogP contribution < -0.4 is 9.62 Å². The monoisotopic (exact) mass is 424 g/mol. The van der Waals surface area contributed by atoms with Crippen molar-refractivity contribution in [2.45, 2.75) is 25.1 Å². The second-order valence-corrected chi connectivity index (χ2v) is 9.22. The van der Waals surface area contributed by atoms with E-state index >= 15 is 0 Å². The van der Waals surface area contributed by atoms with E-state index in [1.54, 1.807) is 55.5 Å². The molecule has 0 heterocycles. The topological polar surface area (TPSA) is 66.5 Å². The van der Waals surface area contributed by atoms with Crippen molar-refractivity contribution in [2.24, 2.45) is 0 Å². The Hall–Kier alpha value is -2.06. The quantitative estimate of drug-likeness (QED) is 0.594. The van der Waals surface area contributed by atoms with Gasteiger partial charge in [-0.3, -0.25) is 9.10 Å². The lowest BCUT2D eigenvalue weighted by Crippen LogP contribution is -2.49. The molecule has 2 rings (SSSR count). The summed E-state index contributed by atoms with van der Waals surface area (Å²) in [5, 5.41) is 2.80. The van der Waals surface area contributed by atoms with Gasteiger partial charge in [-0.2, -0.15) is 11.8 Å². The fourth-order valence-corrected chi connectivity index (χ4v) is 4.85. The smallest absolute Gasteiger partial charge is 0.243 e. The lowest BCUT2D eigenvalue weighted by atomic mass is 10.2. The average Bonchev–Trinajstić information content (AvgIpc) is 2.66. The van der Waals surface area contributed by atoms with Crippen molar-refractivity contribution in [1.82, 2.24) is 5.32 Å². The number of hydrogen-bond acceptors (Lipinski definition) is 4. The van der Waals surface area contributed by atoms with E-state index in [-0.39, 0.29) is 11.7 Å². The van der Waals surface area contributed by atoms with Gasteiger partial charge in [-0.15, -0.1) is 0 Å². The van der Waals surface area contributed by atoms with Gasteiger partial charge in [-0.05, 0) is 30.2 Å². The highest BCUT2D eigenvalue weighted by Crippen LogP contribution is 2.22. The molecule has 0 radical (unpaired) electrons. The van der Waals surface area contributed by atoms with Gasteiger partial charge in [0, 0.05) is 18.1 Å². The van der Waals surface area contributed by atoms with E-state index in [9.17, 15) is 17.6 Å². The number of carbonyl (C=O) groups excluding carboxylic acids is 1. The Balaban J connectivity index is 1.94. The predicted molar refractivity (Wildman–Crippen MR) is 113 cm³/mol. The molecule has 0 aliphatic rings. The first-order chi connectivity index (χ1) is 13.3. The van der Waals surface area contributed by atoms with Crippen LogP contribution in [0.25, 0.3) is 0 Å². The summed E-state index contributed by atoms with van der Waals surface area (Å²) in [6.07, 6.45) is 1.44. The first-order valence-corrected chi connectivity index (χ1v) is 12.0. The third-order valence-electron chi connectivity index (χ3n) is 4.10. The van der Waals surface area contributed by atoms with Gasteiger partial charge in [0.25, 0.3) is 0 Å². The van der Waals surface area contributed by atoms with Crippen molar-refractivity contribution < 1.29 is 17.6 Å². The summed E-state index contributed by atoms with van der Waals surface area (Å²) in [6.45, 7) is 2.15. The minimum Gasteiger partial charge on any atom is -0.353 e. The van der Waals surface area contributed by atoms with E-state index in [2.05, 4.69) is 5.32 Å². The number of carbonyl (C=O) groups is 1. The Labute approximate surface area is 170 Å².